The van der Waals surface area contributed by atoms with E-state index in [1.54, 1.807) is 42.5 Å². The number of nitrogens with one attached hydrogen (secondary N) is 1. The van der Waals surface area contributed by atoms with Gasteiger partial charge in [-0.25, -0.2) is 4.98 Å². The monoisotopic (exact) mass is 274 g/mol. The van der Waals surface area contributed by atoms with Gasteiger partial charge in [-0.05, 0) is 19.1 Å². The summed E-state index contributed by atoms with van der Waals surface area (Å²) in [6.07, 6.45) is 3.37. The molecule has 0 unspecified atom stereocenters. The fraction of sp³-hybridized carbons (Fsp3) is 0.286. The number of rotatable bonds is 5. The third-order valence-electron chi connectivity index (χ3n) is 2.86. The van der Waals surface area contributed by atoms with E-state index in [2.05, 4.69) is 9.97 Å². The SMILES string of the molecule is CCOc1cccc(N)c1C(=O)N(C)Cc1ncc[nH]1. The fourth-order valence-corrected chi connectivity index (χ4v) is 1.92. The number of hydrogen-bond acceptors (Lipinski definition) is 4. The number of amides is 1. The van der Waals surface area contributed by atoms with Crippen molar-refractivity contribution in [3.05, 3.63) is 42.0 Å². The molecule has 0 fully saturated rings. The molecule has 0 spiro atoms. The summed E-state index contributed by atoms with van der Waals surface area (Å²) in [7, 11) is 1.70. The summed E-state index contributed by atoms with van der Waals surface area (Å²) in [5.74, 6) is 1.03. The van der Waals surface area contributed by atoms with Gasteiger partial charge in [0.05, 0.1) is 13.2 Å². The lowest BCUT2D eigenvalue weighted by molar-refractivity contribution is 0.0779. The molecule has 0 saturated carbocycles. The van der Waals surface area contributed by atoms with E-state index in [1.165, 1.54) is 0 Å². The average molecular weight is 274 g/mol. The van der Waals surface area contributed by atoms with Crippen LogP contribution in [0.2, 0.25) is 0 Å². The molecule has 1 amide bonds. The Morgan fingerprint density at radius 1 is 1.50 bits per heavy atom. The molecule has 1 aromatic heterocycles. The van der Waals surface area contributed by atoms with E-state index < -0.39 is 0 Å². The molecule has 1 heterocycles. The van der Waals surface area contributed by atoms with Crippen LogP contribution in [-0.4, -0.2) is 34.4 Å². The number of H-pyrrole nitrogens is 1. The first-order valence-electron chi connectivity index (χ1n) is 6.38. The first-order chi connectivity index (χ1) is 9.63. The van der Waals surface area contributed by atoms with Crippen LogP contribution in [0.15, 0.2) is 30.6 Å². The summed E-state index contributed by atoms with van der Waals surface area (Å²) in [5.41, 5.74) is 6.71. The van der Waals surface area contributed by atoms with Crippen LogP contribution in [0.25, 0.3) is 0 Å². The molecule has 0 aliphatic carbocycles. The summed E-state index contributed by atoms with van der Waals surface area (Å²) in [4.78, 5) is 21.1. The molecule has 0 aliphatic rings. The number of hydrogen-bond donors (Lipinski definition) is 2. The number of nitrogens with zero attached hydrogens (tertiary/aromatic N) is 2. The van der Waals surface area contributed by atoms with E-state index in [0.29, 0.717) is 36.0 Å². The summed E-state index contributed by atoms with van der Waals surface area (Å²) in [6.45, 7) is 2.72. The van der Waals surface area contributed by atoms with Crippen LogP contribution in [0.3, 0.4) is 0 Å². The number of ether oxygens (including phenoxy) is 1. The van der Waals surface area contributed by atoms with Gasteiger partial charge in [-0.2, -0.15) is 0 Å². The molecular weight excluding hydrogens is 256 g/mol. The van der Waals surface area contributed by atoms with Crippen molar-refractivity contribution < 1.29 is 9.53 Å². The van der Waals surface area contributed by atoms with Gasteiger partial charge < -0.3 is 20.4 Å². The van der Waals surface area contributed by atoms with Crippen molar-refractivity contribution in [2.75, 3.05) is 19.4 Å². The topological polar surface area (TPSA) is 84.2 Å². The molecule has 2 aromatic rings. The second-order valence-corrected chi connectivity index (χ2v) is 4.35. The van der Waals surface area contributed by atoms with Crippen molar-refractivity contribution in [1.82, 2.24) is 14.9 Å². The average Bonchev–Trinajstić information content (AvgIpc) is 2.91. The highest BCUT2D eigenvalue weighted by atomic mass is 16.5. The summed E-state index contributed by atoms with van der Waals surface area (Å²) < 4.78 is 5.47. The Bertz CT molecular complexity index is 581. The number of aromatic nitrogens is 2. The maximum atomic E-state index is 12.5. The van der Waals surface area contributed by atoms with E-state index in [1.807, 2.05) is 6.92 Å². The third kappa shape index (κ3) is 2.90. The van der Waals surface area contributed by atoms with E-state index >= 15 is 0 Å². The molecule has 0 atom stereocenters. The van der Waals surface area contributed by atoms with Crippen molar-refractivity contribution in [1.29, 1.82) is 0 Å². The number of carbonyl (C=O) groups excluding carboxylic acids is 1. The minimum atomic E-state index is -0.192. The first-order valence-corrected chi connectivity index (χ1v) is 6.38. The zero-order valence-corrected chi connectivity index (χ0v) is 11.6. The molecule has 2 rings (SSSR count). The quantitative estimate of drug-likeness (QED) is 0.812. The van der Waals surface area contributed by atoms with Gasteiger partial charge in [0.15, 0.2) is 0 Å². The van der Waals surface area contributed by atoms with Gasteiger partial charge in [0.2, 0.25) is 0 Å². The van der Waals surface area contributed by atoms with Gasteiger partial charge in [-0.15, -0.1) is 0 Å². The molecule has 0 bridgehead atoms. The Kier molecular flexibility index (Phi) is 4.24. The Labute approximate surface area is 117 Å². The van der Waals surface area contributed by atoms with E-state index in [9.17, 15) is 4.79 Å². The van der Waals surface area contributed by atoms with Gasteiger partial charge in [-0.1, -0.05) is 6.07 Å². The van der Waals surface area contributed by atoms with Crippen molar-refractivity contribution in [3.8, 4) is 5.75 Å². The first kappa shape index (κ1) is 13.9. The van der Waals surface area contributed by atoms with Gasteiger partial charge >= 0.3 is 0 Å². The lowest BCUT2D eigenvalue weighted by Crippen LogP contribution is -2.28. The number of benzene rings is 1. The molecule has 0 aliphatic heterocycles. The summed E-state index contributed by atoms with van der Waals surface area (Å²) in [6, 6.07) is 5.20. The molecule has 0 radical (unpaired) electrons. The lowest BCUT2D eigenvalue weighted by Gasteiger charge is -2.19. The van der Waals surface area contributed by atoms with Crippen molar-refractivity contribution in [2.24, 2.45) is 0 Å². The Morgan fingerprint density at radius 2 is 2.30 bits per heavy atom. The third-order valence-corrected chi connectivity index (χ3v) is 2.86. The largest absolute Gasteiger partial charge is 0.493 e. The highest BCUT2D eigenvalue weighted by molar-refractivity contribution is 6.01. The van der Waals surface area contributed by atoms with Crippen LogP contribution in [0.4, 0.5) is 5.69 Å². The number of aromatic amines is 1. The second-order valence-electron chi connectivity index (χ2n) is 4.35. The van der Waals surface area contributed by atoms with Gasteiger partial charge in [0, 0.05) is 25.1 Å². The normalized spacial score (nSPS) is 10.3. The van der Waals surface area contributed by atoms with Gasteiger partial charge in [-0.3, -0.25) is 4.79 Å². The van der Waals surface area contributed by atoms with Crippen LogP contribution < -0.4 is 10.5 Å². The number of imidazole rings is 1. The molecule has 1 aromatic carbocycles. The van der Waals surface area contributed by atoms with Crippen molar-refractivity contribution in [3.63, 3.8) is 0 Å². The van der Waals surface area contributed by atoms with Crippen LogP contribution in [-0.2, 0) is 6.54 Å². The second kappa shape index (κ2) is 6.10. The lowest BCUT2D eigenvalue weighted by atomic mass is 10.1. The van der Waals surface area contributed by atoms with Crippen LogP contribution in [0, 0.1) is 0 Å². The predicted molar refractivity (Wildman–Crippen MR) is 76.4 cm³/mol. The Balaban J connectivity index is 2.23. The molecule has 20 heavy (non-hydrogen) atoms. The number of nitrogens with two attached hydrogens (primary N) is 1. The smallest absolute Gasteiger partial charge is 0.259 e. The number of anilines is 1. The van der Waals surface area contributed by atoms with Crippen LogP contribution in [0.1, 0.15) is 23.1 Å². The number of carbonyl (C=O) groups is 1. The van der Waals surface area contributed by atoms with E-state index in [0.717, 1.165) is 0 Å². The zero-order chi connectivity index (χ0) is 14.5. The standard InChI is InChI=1S/C14H18N4O2/c1-3-20-11-6-4-5-10(15)13(11)14(19)18(2)9-12-16-7-8-17-12/h4-8H,3,9,15H2,1-2H3,(H,16,17). The van der Waals surface area contributed by atoms with Crippen LogP contribution >= 0.6 is 0 Å². The maximum Gasteiger partial charge on any atom is 0.259 e. The summed E-state index contributed by atoms with van der Waals surface area (Å²) in [5, 5.41) is 0. The van der Waals surface area contributed by atoms with Crippen LogP contribution in [0.5, 0.6) is 5.75 Å². The summed E-state index contributed by atoms with van der Waals surface area (Å²) >= 11 is 0. The predicted octanol–water partition coefficient (Wildman–Crippen LogP) is 1.66. The minimum absolute atomic E-state index is 0.192. The van der Waals surface area contributed by atoms with Gasteiger partial charge in [0.1, 0.15) is 17.1 Å². The minimum Gasteiger partial charge on any atom is -0.493 e. The molecule has 6 heteroatoms. The van der Waals surface area contributed by atoms with Crippen molar-refractivity contribution in [2.45, 2.75) is 13.5 Å². The van der Waals surface area contributed by atoms with Crippen molar-refractivity contribution >= 4 is 11.6 Å². The fourth-order valence-electron chi connectivity index (χ4n) is 1.92. The molecule has 0 saturated heterocycles. The molecule has 106 valence electrons. The molecular formula is C14H18N4O2. The van der Waals surface area contributed by atoms with E-state index in [-0.39, 0.29) is 5.91 Å². The molecule has 3 N–H and O–H groups in total. The zero-order valence-electron chi connectivity index (χ0n) is 11.6. The number of nitrogen functional groups attached to an aromatic ring is 1. The maximum absolute atomic E-state index is 12.5. The van der Waals surface area contributed by atoms with Gasteiger partial charge in [0.25, 0.3) is 5.91 Å². The Hall–Kier alpha value is -2.50. The highest BCUT2D eigenvalue weighted by Gasteiger charge is 2.20. The molecule has 6 nitrogen and oxygen atoms in total. The Morgan fingerprint density at radius 3 is 2.95 bits per heavy atom. The van der Waals surface area contributed by atoms with E-state index in [4.69, 9.17) is 10.5 Å². The highest BCUT2D eigenvalue weighted by Crippen LogP contribution is 2.26.